The molecule has 0 unspecified atom stereocenters. The summed E-state index contributed by atoms with van der Waals surface area (Å²) < 4.78 is 41.6. The first-order chi connectivity index (χ1) is 15.7. The Kier molecular flexibility index (Phi) is 6.41. The van der Waals surface area contributed by atoms with Crippen LogP contribution in [0, 0.1) is 12.7 Å². The van der Waals surface area contributed by atoms with Crippen molar-refractivity contribution in [3.63, 3.8) is 0 Å². The minimum Gasteiger partial charge on any atom is -0.365 e. The topological polar surface area (TPSA) is 124 Å². The van der Waals surface area contributed by atoms with Gasteiger partial charge in [0.05, 0.1) is 16.8 Å². The fraction of sp³-hybridized carbons (Fsp3) is 0.409. The molecule has 2 atom stereocenters. The highest BCUT2D eigenvalue weighted by Crippen LogP contribution is 2.29. The minimum atomic E-state index is -2.53. The van der Waals surface area contributed by atoms with Crippen LogP contribution in [0.15, 0.2) is 24.3 Å². The van der Waals surface area contributed by atoms with Gasteiger partial charge in [-0.2, -0.15) is 5.10 Å². The third-order valence-corrected chi connectivity index (χ3v) is 5.89. The molecule has 8 nitrogen and oxygen atoms in total. The summed E-state index contributed by atoms with van der Waals surface area (Å²) in [6.45, 7) is 1.20. The van der Waals surface area contributed by atoms with Gasteiger partial charge in [-0.05, 0) is 44.0 Å². The molecule has 1 aliphatic rings. The van der Waals surface area contributed by atoms with E-state index in [1.165, 1.54) is 4.68 Å². The van der Waals surface area contributed by atoms with Crippen molar-refractivity contribution in [2.24, 2.45) is 11.5 Å². The number of aromatic nitrogens is 3. The summed E-state index contributed by atoms with van der Waals surface area (Å²) in [5.41, 5.74) is 13.1. The summed E-state index contributed by atoms with van der Waals surface area (Å²) in [7, 11) is 0. The van der Waals surface area contributed by atoms with Gasteiger partial charge in [0, 0.05) is 23.2 Å². The summed E-state index contributed by atoms with van der Waals surface area (Å²) in [5, 5.41) is 10.9. The van der Waals surface area contributed by atoms with E-state index in [0.29, 0.717) is 22.3 Å². The average Bonchev–Trinajstić information content (AvgIpc) is 3.05. The van der Waals surface area contributed by atoms with Crippen LogP contribution < -0.4 is 22.1 Å². The quantitative estimate of drug-likeness (QED) is 0.426. The summed E-state index contributed by atoms with van der Waals surface area (Å²) >= 11 is 0. The van der Waals surface area contributed by atoms with E-state index in [-0.39, 0.29) is 29.3 Å². The Balaban J connectivity index is 1.66. The van der Waals surface area contributed by atoms with Crippen LogP contribution in [0.25, 0.3) is 10.9 Å². The number of benzene rings is 1. The highest BCUT2D eigenvalue weighted by atomic mass is 19.3. The number of halogens is 3. The van der Waals surface area contributed by atoms with E-state index in [2.05, 4.69) is 20.7 Å². The third kappa shape index (κ3) is 4.87. The molecule has 1 saturated carbocycles. The lowest BCUT2D eigenvalue weighted by molar-refractivity contribution is 0.1000. The number of carbonyl (C=O) groups excluding carboxylic acids is 1. The molecule has 1 fully saturated rings. The number of amides is 1. The van der Waals surface area contributed by atoms with Crippen molar-refractivity contribution in [3.05, 3.63) is 41.3 Å². The second-order valence-corrected chi connectivity index (χ2v) is 8.29. The number of aryl methyl sites for hydroxylation is 1. The first-order valence-electron chi connectivity index (χ1n) is 10.8. The fourth-order valence-corrected chi connectivity index (χ4v) is 4.21. The summed E-state index contributed by atoms with van der Waals surface area (Å²) in [6, 6.07) is 5.78. The number of hydrogen-bond acceptors (Lipinski definition) is 6. The number of carbonyl (C=O) groups is 1. The highest BCUT2D eigenvalue weighted by Gasteiger charge is 2.24. The van der Waals surface area contributed by atoms with Gasteiger partial charge in [-0.1, -0.05) is 12.8 Å². The number of fused-ring (bicyclic) bond motifs is 1. The van der Waals surface area contributed by atoms with Crippen LogP contribution in [0.1, 0.15) is 41.7 Å². The van der Waals surface area contributed by atoms with Crippen molar-refractivity contribution >= 4 is 34.1 Å². The zero-order valence-corrected chi connectivity index (χ0v) is 18.1. The average molecular weight is 461 g/mol. The van der Waals surface area contributed by atoms with Gasteiger partial charge < -0.3 is 22.1 Å². The molecule has 0 saturated heterocycles. The number of hydrogen-bond donors (Lipinski definition) is 4. The molecule has 3 aromatic rings. The standard InChI is InChI=1S/C22H26F3N7O/c1-11-13-8-12(6-7-18(13)32(31-11)10-19(24)25)28-21-14(20(27)33)9-15(23)22(30-21)29-17-5-3-2-4-16(17)26/h6-9,16-17,19H,2-5,10,26H2,1H3,(H2,27,33)(H2,28,29,30)/t16-,17+/m1/s1. The Morgan fingerprint density at radius 3 is 2.70 bits per heavy atom. The van der Waals surface area contributed by atoms with E-state index in [1.54, 1.807) is 25.1 Å². The van der Waals surface area contributed by atoms with Crippen LogP contribution in [0.3, 0.4) is 0 Å². The number of pyridine rings is 1. The molecule has 1 aromatic carbocycles. The van der Waals surface area contributed by atoms with Gasteiger partial charge in [-0.15, -0.1) is 0 Å². The maximum absolute atomic E-state index is 14.7. The zero-order valence-electron chi connectivity index (χ0n) is 18.1. The molecule has 0 bridgehead atoms. The van der Waals surface area contributed by atoms with Crippen LogP contribution in [0.4, 0.5) is 30.5 Å². The predicted octanol–water partition coefficient (Wildman–Crippen LogP) is 3.67. The van der Waals surface area contributed by atoms with E-state index in [9.17, 15) is 18.0 Å². The van der Waals surface area contributed by atoms with E-state index >= 15 is 0 Å². The van der Waals surface area contributed by atoms with Gasteiger partial charge >= 0.3 is 0 Å². The van der Waals surface area contributed by atoms with E-state index < -0.39 is 24.7 Å². The molecular weight excluding hydrogens is 435 g/mol. The van der Waals surface area contributed by atoms with Gasteiger partial charge in [-0.25, -0.2) is 18.2 Å². The number of nitrogens with zero attached hydrogens (tertiary/aromatic N) is 3. The molecule has 176 valence electrons. The minimum absolute atomic E-state index is 0.0214. The van der Waals surface area contributed by atoms with Crippen molar-refractivity contribution in [1.82, 2.24) is 14.8 Å². The number of nitrogens with one attached hydrogen (secondary N) is 2. The Labute approximate surface area is 188 Å². The summed E-state index contributed by atoms with van der Waals surface area (Å²) in [4.78, 5) is 16.2. The molecule has 2 heterocycles. The molecule has 0 spiro atoms. The van der Waals surface area contributed by atoms with Crippen LogP contribution in [-0.2, 0) is 6.54 Å². The van der Waals surface area contributed by atoms with Crippen molar-refractivity contribution in [3.8, 4) is 0 Å². The number of alkyl halides is 2. The Hall–Kier alpha value is -3.34. The van der Waals surface area contributed by atoms with Gasteiger partial charge in [0.2, 0.25) is 0 Å². The molecular formula is C22H26F3N7O. The molecule has 0 aliphatic heterocycles. The van der Waals surface area contributed by atoms with Gasteiger partial charge in [-0.3, -0.25) is 9.48 Å². The number of rotatable bonds is 7. The van der Waals surface area contributed by atoms with Crippen LogP contribution in [0.5, 0.6) is 0 Å². The maximum Gasteiger partial charge on any atom is 0.257 e. The molecule has 1 amide bonds. The molecule has 0 radical (unpaired) electrons. The number of primary amides is 1. The molecule has 2 aromatic heterocycles. The molecule has 33 heavy (non-hydrogen) atoms. The third-order valence-electron chi connectivity index (χ3n) is 5.89. The monoisotopic (exact) mass is 461 g/mol. The second kappa shape index (κ2) is 9.26. The van der Waals surface area contributed by atoms with Gasteiger partial charge in [0.15, 0.2) is 11.6 Å². The molecule has 4 rings (SSSR count). The van der Waals surface area contributed by atoms with E-state index in [1.807, 2.05) is 0 Å². The molecule has 1 aliphatic carbocycles. The Bertz CT molecular complexity index is 1180. The Morgan fingerprint density at radius 1 is 1.24 bits per heavy atom. The first kappa shape index (κ1) is 22.8. The lowest BCUT2D eigenvalue weighted by Crippen LogP contribution is -2.43. The highest BCUT2D eigenvalue weighted by molar-refractivity contribution is 5.99. The maximum atomic E-state index is 14.7. The van der Waals surface area contributed by atoms with E-state index in [4.69, 9.17) is 11.5 Å². The molecule has 6 N–H and O–H groups in total. The van der Waals surface area contributed by atoms with Gasteiger partial charge in [0.1, 0.15) is 12.4 Å². The zero-order chi connectivity index (χ0) is 23.7. The number of anilines is 3. The first-order valence-corrected chi connectivity index (χ1v) is 10.8. The van der Waals surface area contributed by atoms with Crippen molar-refractivity contribution in [2.45, 2.75) is 57.7 Å². The van der Waals surface area contributed by atoms with Crippen molar-refractivity contribution in [1.29, 1.82) is 0 Å². The SMILES string of the molecule is Cc1nn(CC(F)F)c2ccc(Nc3nc(N[C@H]4CCCC[C@H]4N)c(F)cc3C(N)=O)cc12. The van der Waals surface area contributed by atoms with Crippen LogP contribution in [0.2, 0.25) is 0 Å². The lowest BCUT2D eigenvalue weighted by Gasteiger charge is -2.30. The summed E-state index contributed by atoms with van der Waals surface area (Å²) in [5.74, 6) is -1.49. The second-order valence-electron chi connectivity index (χ2n) is 8.29. The van der Waals surface area contributed by atoms with E-state index in [0.717, 1.165) is 31.7 Å². The predicted molar refractivity (Wildman–Crippen MR) is 120 cm³/mol. The Morgan fingerprint density at radius 2 is 2.00 bits per heavy atom. The largest absolute Gasteiger partial charge is 0.365 e. The van der Waals surface area contributed by atoms with Gasteiger partial charge in [0.25, 0.3) is 12.3 Å². The van der Waals surface area contributed by atoms with Crippen LogP contribution >= 0.6 is 0 Å². The molecule has 11 heteroatoms. The normalized spacial score (nSPS) is 18.6. The van der Waals surface area contributed by atoms with Crippen LogP contribution in [-0.4, -0.2) is 39.2 Å². The number of nitrogens with two attached hydrogens (primary N) is 2. The fourth-order valence-electron chi connectivity index (χ4n) is 4.21. The lowest BCUT2D eigenvalue weighted by atomic mass is 9.91. The summed E-state index contributed by atoms with van der Waals surface area (Å²) in [6.07, 6.45) is 1.10. The van der Waals surface area contributed by atoms with Crippen molar-refractivity contribution < 1.29 is 18.0 Å². The van der Waals surface area contributed by atoms with Crippen molar-refractivity contribution in [2.75, 3.05) is 10.6 Å². The smallest absolute Gasteiger partial charge is 0.257 e.